The van der Waals surface area contributed by atoms with Gasteiger partial charge < -0.3 is 14.8 Å². The van der Waals surface area contributed by atoms with E-state index in [9.17, 15) is 14.7 Å². The number of carbonyl (C=O) groups is 1. The number of nitrogens with zero attached hydrogens (tertiary/aromatic N) is 1. The van der Waals surface area contributed by atoms with Crippen LogP contribution in [0.15, 0.2) is 29.1 Å². The van der Waals surface area contributed by atoms with E-state index in [4.69, 9.17) is 0 Å². The molecule has 2 aromatic rings. The van der Waals surface area contributed by atoms with Gasteiger partial charge in [0.05, 0.1) is 18.4 Å². The zero-order valence-electron chi connectivity index (χ0n) is 12.8. The molecule has 0 amide bonds. The van der Waals surface area contributed by atoms with E-state index in [1.54, 1.807) is 24.3 Å². The first-order valence-corrected chi connectivity index (χ1v) is 7.24. The Morgan fingerprint density at radius 2 is 2.00 bits per heavy atom. The van der Waals surface area contributed by atoms with Gasteiger partial charge in [0, 0.05) is 13.0 Å². The lowest BCUT2D eigenvalue weighted by atomic mass is 10.1. The highest BCUT2D eigenvalue weighted by Crippen LogP contribution is 2.18. The van der Waals surface area contributed by atoms with Crippen molar-refractivity contribution in [2.45, 2.75) is 32.7 Å². The fraction of sp³-hybridized carbons (Fsp3) is 0.375. The molecule has 22 heavy (non-hydrogen) atoms. The van der Waals surface area contributed by atoms with Crippen molar-refractivity contribution in [3.8, 4) is 5.88 Å². The lowest BCUT2D eigenvalue weighted by molar-refractivity contribution is 0.0600. The molecule has 0 saturated carbocycles. The van der Waals surface area contributed by atoms with E-state index in [2.05, 4.69) is 9.72 Å². The summed E-state index contributed by atoms with van der Waals surface area (Å²) in [7, 11) is 1.33. The Balaban J connectivity index is 2.17. The van der Waals surface area contributed by atoms with Crippen LogP contribution in [0.5, 0.6) is 5.88 Å². The maximum atomic E-state index is 11.8. The summed E-state index contributed by atoms with van der Waals surface area (Å²) < 4.78 is 5.99. The smallest absolute Gasteiger partial charge is 0.337 e. The van der Waals surface area contributed by atoms with Crippen molar-refractivity contribution in [3.63, 3.8) is 0 Å². The summed E-state index contributed by atoms with van der Waals surface area (Å²) in [6, 6.07) is 6.86. The molecule has 0 unspecified atom stereocenters. The first kappa shape index (κ1) is 15.9. The van der Waals surface area contributed by atoms with Gasteiger partial charge in [0.25, 0.3) is 0 Å². The molecule has 1 aromatic heterocycles. The van der Waals surface area contributed by atoms with Crippen LogP contribution in [0, 0.1) is 0 Å². The van der Waals surface area contributed by atoms with Crippen molar-refractivity contribution in [1.82, 2.24) is 9.55 Å². The second-order valence-corrected chi connectivity index (χ2v) is 5.10. The summed E-state index contributed by atoms with van der Waals surface area (Å²) in [6.07, 6.45) is 2.17. The number of unbranched alkanes of at least 4 members (excludes halogenated alkanes) is 1. The summed E-state index contributed by atoms with van der Waals surface area (Å²) in [4.78, 5) is 25.9. The number of hydrogen-bond acceptors (Lipinski definition) is 4. The van der Waals surface area contributed by atoms with Crippen LogP contribution in [0.3, 0.4) is 0 Å². The van der Waals surface area contributed by atoms with Crippen LogP contribution in [0.2, 0.25) is 0 Å². The molecule has 0 atom stereocenters. The number of ether oxygens (including phenoxy) is 1. The maximum Gasteiger partial charge on any atom is 0.337 e. The average molecular weight is 304 g/mol. The fourth-order valence-corrected chi connectivity index (χ4v) is 2.24. The van der Waals surface area contributed by atoms with Crippen LogP contribution in [-0.2, 0) is 17.7 Å². The molecule has 2 N–H and O–H groups in total. The maximum absolute atomic E-state index is 11.8. The number of rotatable bonds is 6. The minimum Gasteiger partial charge on any atom is -0.493 e. The number of imidazole rings is 1. The molecule has 118 valence electrons. The predicted molar refractivity (Wildman–Crippen MR) is 82.2 cm³/mol. The van der Waals surface area contributed by atoms with Gasteiger partial charge in [-0.15, -0.1) is 0 Å². The molecule has 1 heterocycles. The van der Waals surface area contributed by atoms with Gasteiger partial charge in [-0.2, -0.15) is 0 Å². The SMILES string of the molecule is CCCCn1c(O)c(Cc2ccc(C(=O)OC)cc2)[nH]c1=O. The van der Waals surface area contributed by atoms with Gasteiger partial charge in [0.15, 0.2) is 0 Å². The van der Waals surface area contributed by atoms with Crippen LogP contribution in [-0.4, -0.2) is 27.7 Å². The van der Waals surface area contributed by atoms with E-state index in [1.807, 2.05) is 6.92 Å². The minimum atomic E-state index is -0.395. The van der Waals surface area contributed by atoms with Crippen molar-refractivity contribution < 1.29 is 14.6 Å². The third kappa shape index (κ3) is 3.39. The van der Waals surface area contributed by atoms with Crippen LogP contribution >= 0.6 is 0 Å². The molecular weight excluding hydrogens is 284 g/mol. The topological polar surface area (TPSA) is 84.3 Å². The Morgan fingerprint density at radius 1 is 1.32 bits per heavy atom. The molecule has 0 fully saturated rings. The monoisotopic (exact) mass is 304 g/mol. The van der Waals surface area contributed by atoms with Gasteiger partial charge in [-0.05, 0) is 24.1 Å². The van der Waals surface area contributed by atoms with Crippen molar-refractivity contribution in [1.29, 1.82) is 0 Å². The number of aromatic amines is 1. The highest BCUT2D eigenvalue weighted by atomic mass is 16.5. The van der Waals surface area contributed by atoms with Crippen LogP contribution in [0.4, 0.5) is 0 Å². The van der Waals surface area contributed by atoms with Gasteiger partial charge in [0.2, 0.25) is 5.88 Å². The second-order valence-electron chi connectivity index (χ2n) is 5.10. The number of esters is 1. The van der Waals surface area contributed by atoms with E-state index in [0.717, 1.165) is 18.4 Å². The molecule has 6 nitrogen and oxygen atoms in total. The summed E-state index contributed by atoms with van der Waals surface area (Å²) in [5.74, 6) is -0.413. The van der Waals surface area contributed by atoms with Gasteiger partial charge in [0.1, 0.15) is 0 Å². The predicted octanol–water partition coefficient (Wildman–Crippen LogP) is 2.06. The van der Waals surface area contributed by atoms with Gasteiger partial charge >= 0.3 is 11.7 Å². The molecule has 0 aliphatic heterocycles. The number of hydrogen-bond donors (Lipinski definition) is 2. The average Bonchev–Trinajstić information content (AvgIpc) is 2.79. The minimum absolute atomic E-state index is 0.0181. The van der Waals surface area contributed by atoms with Crippen molar-refractivity contribution in [2.75, 3.05) is 7.11 Å². The fourth-order valence-electron chi connectivity index (χ4n) is 2.24. The Morgan fingerprint density at radius 3 is 2.59 bits per heavy atom. The Labute approximate surface area is 128 Å². The van der Waals surface area contributed by atoms with Gasteiger partial charge in [-0.25, -0.2) is 9.59 Å². The van der Waals surface area contributed by atoms with E-state index >= 15 is 0 Å². The zero-order valence-corrected chi connectivity index (χ0v) is 12.8. The molecule has 0 radical (unpaired) electrons. The molecule has 0 aliphatic rings. The van der Waals surface area contributed by atoms with Crippen molar-refractivity contribution in [3.05, 3.63) is 51.6 Å². The molecule has 1 aromatic carbocycles. The number of methoxy groups -OCH3 is 1. The third-order valence-electron chi connectivity index (χ3n) is 3.52. The molecule has 0 saturated heterocycles. The first-order valence-electron chi connectivity index (χ1n) is 7.24. The van der Waals surface area contributed by atoms with Crippen molar-refractivity contribution in [2.24, 2.45) is 0 Å². The molecule has 0 spiro atoms. The Kier molecular flexibility index (Phi) is 5.04. The summed E-state index contributed by atoms with van der Waals surface area (Å²) >= 11 is 0. The van der Waals surface area contributed by atoms with Crippen LogP contribution in [0.25, 0.3) is 0 Å². The highest BCUT2D eigenvalue weighted by molar-refractivity contribution is 5.89. The molecule has 0 bridgehead atoms. The highest BCUT2D eigenvalue weighted by Gasteiger charge is 2.13. The van der Waals surface area contributed by atoms with Crippen LogP contribution in [0.1, 0.15) is 41.4 Å². The number of H-pyrrole nitrogens is 1. The quantitative estimate of drug-likeness (QED) is 0.800. The normalized spacial score (nSPS) is 10.6. The Hall–Kier alpha value is -2.50. The first-order chi connectivity index (χ1) is 10.6. The van der Waals surface area contributed by atoms with E-state index in [0.29, 0.717) is 24.2 Å². The second kappa shape index (κ2) is 6.98. The van der Waals surface area contributed by atoms with Gasteiger partial charge in [-0.3, -0.25) is 4.57 Å². The standard InChI is InChI=1S/C16H20N2O4/c1-3-4-9-18-14(19)13(17-16(18)21)10-11-5-7-12(8-6-11)15(20)22-2/h5-8,19H,3-4,9-10H2,1-2H3,(H,17,21). The number of carbonyl (C=O) groups excluding carboxylic acids is 1. The molecule has 6 heteroatoms. The lowest BCUT2D eigenvalue weighted by Gasteiger charge is -2.04. The van der Waals surface area contributed by atoms with E-state index in [-0.39, 0.29) is 11.6 Å². The van der Waals surface area contributed by atoms with Crippen LogP contribution < -0.4 is 5.69 Å². The summed E-state index contributed by atoms with van der Waals surface area (Å²) in [5.41, 5.74) is 1.52. The lowest BCUT2D eigenvalue weighted by Crippen LogP contribution is -2.16. The molecular formula is C16H20N2O4. The largest absolute Gasteiger partial charge is 0.493 e. The Bertz CT molecular complexity index is 698. The summed E-state index contributed by atoms with van der Waals surface area (Å²) in [5, 5.41) is 10.1. The van der Waals surface area contributed by atoms with Crippen molar-refractivity contribution >= 4 is 5.97 Å². The summed E-state index contributed by atoms with van der Waals surface area (Å²) in [6.45, 7) is 2.53. The number of aromatic nitrogens is 2. The number of benzene rings is 1. The zero-order chi connectivity index (χ0) is 16.1. The van der Waals surface area contributed by atoms with E-state index in [1.165, 1.54) is 11.7 Å². The number of aromatic hydroxyl groups is 1. The molecule has 2 rings (SSSR count). The number of nitrogens with one attached hydrogen (secondary N) is 1. The third-order valence-corrected chi connectivity index (χ3v) is 3.52. The van der Waals surface area contributed by atoms with Gasteiger partial charge in [-0.1, -0.05) is 25.5 Å². The molecule has 0 aliphatic carbocycles. The van der Waals surface area contributed by atoms with E-state index < -0.39 is 5.97 Å².